The Labute approximate surface area is 93.6 Å². The minimum absolute atomic E-state index is 0.342. The normalized spacial score (nSPS) is 11.6. The van der Waals surface area contributed by atoms with Crippen LogP contribution in [-0.4, -0.2) is 11.9 Å². The summed E-state index contributed by atoms with van der Waals surface area (Å²) >= 11 is 0. The SMILES string of the molecule is CCC(C(=O)NN)C(=O)Oc1ccccc1. The van der Waals surface area contributed by atoms with E-state index in [-0.39, 0.29) is 0 Å². The monoisotopic (exact) mass is 222 g/mol. The number of hydrazine groups is 1. The number of nitrogens with two attached hydrogens (primary N) is 1. The Morgan fingerprint density at radius 3 is 2.50 bits per heavy atom. The molecule has 5 nitrogen and oxygen atoms in total. The number of hydrogen-bond donors (Lipinski definition) is 2. The van der Waals surface area contributed by atoms with Crippen LogP contribution >= 0.6 is 0 Å². The number of ether oxygens (including phenoxy) is 1. The summed E-state index contributed by atoms with van der Waals surface area (Å²) in [7, 11) is 0. The van der Waals surface area contributed by atoms with Crippen molar-refractivity contribution >= 4 is 11.9 Å². The average Bonchev–Trinajstić information content (AvgIpc) is 2.31. The smallest absolute Gasteiger partial charge is 0.323 e. The van der Waals surface area contributed by atoms with Gasteiger partial charge in [-0.2, -0.15) is 0 Å². The molecule has 1 aromatic rings. The molecule has 0 bridgehead atoms. The second kappa shape index (κ2) is 5.87. The largest absolute Gasteiger partial charge is 0.426 e. The molecule has 16 heavy (non-hydrogen) atoms. The number of hydrogen-bond acceptors (Lipinski definition) is 4. The Kier molecular flexibility index (Phi) is 4.47. The molecule has 86 valence electrons. The zero-order chi connectivity index (χ0) is 12.0. The van der Waals surface area contributed by atoms with Crippen LogP contribution in [0.1, 0.15) is 13.3 Å². The van der Waals surface area contributed by atoms with Crippen LogP contribution in [0.15, 0.2) is 30.3 Å². The zero-order valence-electron chi connectivity index (χ0n) is 8.97. The number of amides is 1. The predicted molar refractivity (Wildman–Crippen MR) is 58.2 cm³/mol. The summed E-state index contributed by atoms with van der Waals surface area (Å²) in [6.45, 7) is 1.71. The minimum Gasteiger partial charge on any atom is -0.426 e. The summed E-state index contributed by atoms with van der Waals surface area (Å²) in [4.78, 5) is 22.8. The van der Waals surface area contributed by atoms with E-state index in [2.05, 4.69) is 0 Å². The van der Waals surface area contributed by atoms with E-state index in [1.807, 2.05) is 5.43 Å². The van der Waals surface area contributed by atoms with Gasteiger partial charge in [-0.05, 0) is 18.6 Å². The molecule has 0 fully saturated rings. The van der Waals surface area contributed by atoms with Crippen LogP contribution in [0.4, 0.5) is 0 Å². The van der Waals surface area contributed by atoms with Crippen LogP contribution in [-0.2, 0) is 9.59 Å². The van der Waals surface area contributed by atoms with Gasteiger partial charge in [-0.1, -0.05) is 25.1 Å². The van der Waals surface area contributed by atoms with Crippen molar-refractivity contribution in [1.82, 2.24) is 5.43 Å². The van der Waals surface area contributed by atoms with Crippen molar-refractivity contribution in [3.8, 4) is 5.75 Å². The lowest BCUT2D eigenvalue weighted by molar-refractivity contribution is -0.144. The maximum absolute atomic E-state index is 11.6. The third-order valence-corrected chi connectivity index (χ3v) is 2.11. The summed E-state index contributed by atoms with van der Waals surface area (Å²) in [6, 6.07) is 8.58. The lowest BCUT2D eigenvalue weighted by Crippen LogP contribution is -2.40. The molecule has 3 N–H and O–H groups in total. The summed E-state index contributed by atoms with van der Waals surface area (Å²) < 4.78 is 5.04. The van der Waals surface area contributed by atoms with Gasteiger partial charge >= 0.3 is 5.97 Å². The molecule has 0 saturated carbocycles. The maximum Gasteiger partial charge on any atom is 0.323 e. The highest BCUT2D eigenvalue weighted by molar-refractivity contribution is 5.98. The van der Waals surface area contributed by atoms with E-state index in [4.69, 9.17) is 10.6 Å². The van der Waals surface area contributed by atoms with Crippen LogP contribution in [0.5, 0.6) is 5.75 Å². The van der Waals surface area contributed by atoms with E-state index in [9.17, 15) is 9.59 Å². The van der Waals surface area contributed by atoms with Gasteiger partial charge in [-0.3, -0.25) is 15.0 Å². The molecule has 0 radical (unpaired) electrons. The summed E-state index contributed by atoms with van der Waals surface area (Å²) in [5.74, 6) is 3.38. The van der Waals surface area contributed by atoms with Crippen LogP contribution in [0.2, 0.25) is 0 Å². The van der Waals surface area contributed by atoms with Crippen LogP contribution in [0.25, 0.3) is 0 Å². The number of rotatable bonds is 4. The number of esters is 1. The van der Waals surface area contributed by atoms with Crippen molar-refractivity contribution in [1.29, 1.82) is 0 Å². The Balaban J connectivity index is 2.67. The summed E-state index contributed by atoms with van der Waals surface area (Å²) in [6.07, 6.45) is 0.342. The van der Waals surface area contributed by atoms with Crippen molar-refractivity contribution in [3.05, 3.63) is 30.3 Å². The second-order valence-corrected chi connectivity index (χ2v) is 3.20. The van der Waals surface area contributed by atoms with Gasteiger partial charge < -0.3 is 4.74 Å². The van der Waals surface area contributed by atoms with Gasteiger partial charge in [0.2, 0.25) is 5.91 Å². The van der Waals surface area contributed by atoms with E-state index in [1.165, 1.54) is 0 Å². The summed E-state index contributed by atoms with van der Waals surface area (Å²) in [5.41, 5.74) is 1.94. The van der Waals surface area contributed by atoms with E-state index in [0.29, 0.717) is 12.2 Å². The van der Waals surface area contributed by atoms with Crippen molar-refractivity contribution in [2.75, 3.05) is 0 Å². The van der Waals surface area contributed by atoms with Crippen LogP contribution in [0.3, 0.4) is 0 Å². The van der Waals surface area contributed by atoms with Gasteiger partial charge in [0, 0.05) is 0 Å². The molecule has 1 amide bonds. The quantitative estimate of drug-likeness (QED) is 0.195. The standard InChI is InChI=1S/C11H14N2O3/c1-2-9(10(14)13-12)11(15)16-8-6-4-3-5-7-8/h3-7,9H,2,12H2,1H3,(H,13,14). The second-order valence-electron chi connectivity index (χ2n) is 3.20. The van der Waals surface area contributed by atoms with E-state index in [0.717, 1.165) is 0 Å². The Hall–Kier alpha value is -1.88. The molecule has 1 unspecified atom stereocenters. The lowest BCUT2D eigenvalue weighted by atomic mass is 10.1. The van der Waals surface area contributed by atoms with Gasteiger partial charge in [-0.25, -0.2) is 5.84 Å². The molecule has 1 aromatic carbocycles. The number of benzene rings is 1. The molecule has 0 heterocycles. The van der Waals surface area contributed by atoms with Gasteiger partial charge in [0.1, 0.15) is 11.7 Å². The number of nitrogens with one attached hydrogen (secondary N) is 1. The third-order valence-electron chi connectivity index (χ3n) is 2.11. The average molecular weight is 222 g/mol. The molecule has 1 rings (SSSR count). The Bertz CT molecular complexity index is 365. The number of carbonyl (C=O) groups excluding carboxylic acids is 2. The molecular formula is C11H14N2O3. The molecule has 0 aromatic heterocycles. The molecule has 0 saturated heterocycles. The number of para-hydroxylation sites is 1. The maximum atomic E-state index is 11.6. The minimum atomic E-state index is -0.870. The van der Waals surface area contributed by atoms with E-state index < -0.39 is 17.8 Å². The molecule has 5 heteroatoms. The summed E-state index contributed by atoms with van der Waals surface area (Å²) in [5, 5.41) is 0. The van der Waals surface area contributed by atoms with E-state index >= 15 is 0 Å². The molecule has 0 aliphatic heterocycles. The van der Waals surface area contributed by atoms with Gasteiger partial charge in [0.05, 0.1) is 0 Å². The van der Waals surface area contributed by atoms with Gasteiger partial charge in [-0.15, -0.1) is 0 Å². The van der Waals surface area contributed by atoms with Crippen molar-refractivity contribution in [2.45, 2.75) is 13.3 Å². The first-order valence-corrected chi connectivity index (χ1v) is 4.96. The molecular weight excluding hydrogens is 208 g/mol. The van der Waals surface area contributed by atoms with Crippen LogP contribution < -0.4 is 16.0 Å². The highest BCUT2D eigenvalue weighted by Crippen LogP contribution is 2.12. The fourth-order valence-corrected chi connectivity index (χ4v) is 1.24. The van der Waals surface area contributed by atoms with Crippen molar-refractivity contribution < 1.29 is 14.3 Å². The first kappa shape index (κ1) is 12.2. The first-order chi connectivity index (χ1) is 7.69. The zero-order valence-corrected chi connectivity index (χ0v) is 8.97. The molecule has 0 aliphatic rings. The molecule has 1 atom stereocenters. The fourth-order valence-electron chi connectivity index (χ4n) is 1.24. The topological polar surface area (TPSA) is 81.4 Å². The highest BCUT2D eigenvalue weighted by atomic mass is 16.5. The first-order valence-electron chi connectivity index (χ1n) is 4.96. The molecule has 0 aliphatic carbocycles. The fraction of sp³-hybridized carbons (Fsp3) is 0.273. The predicted octanol–water partition coefficient (Wildman–Crippen LogP) is 0.608. The lowest BCUT2D eigenvalue weighted by Gasteiger charge is -2.11. The number of carbonyl (C=O) groups is 2. The third kappa shape index (κ3) is 3.06. The Morgan fingerprint density at radius 1 is 1.38 bits per heavy atom. The van der Waals surface area contributed by atoms with Crippen LogP contribution in [0, 0.1) is 5.92 Å². The Morgan fingerprint density at radius 2 is 2.00 bits per heavy atom. The van der Waals surface area contributed by atoms with Crippen molar-refractivity contribution in [3.63, 3.8) is 0 Å². The van der Waals surface area contributed by atoms with Gasteiger partial charge in [0.25, 0.3) is 0 Å². The molecule has 0 spiro atoms. The van der Waals surface area contributed by atoms with Gasteiger partial charge in [0.15, 0.2) is 0 Å². The van der Waals surface area contributed by atoms with Crippen molar-refractivity contribution in [2.24, 2.45) is 11.8 Å². The highest BCUT2D eigenvalue weighted by Gasteiger charge is 2.25. The van der Waals surface area contributed by atoms with E-state index in [1.54, 1.807) is 37.3 Å².